The molecule has 2 aromatic carbocycles. The summed E-state index contributed by atoms with van der Waals surface area (Å²) in [6.07, 6.45) is 4.00. The van der Waals surface area contributed by atoms with Crippen LogP contribution >= 0.6 is 0 Å². The van der Waals surface area contributed by atoms with Crippen molar-refractivity contribution in [1.29, 1.82) is 0 Å². The number of hydrogen-bond donors (Lipinski definition) is 2. The average molecular weight is 270 g/mol. The summed E-state index contributed by atoms with van der Waals surface area (Å²) in [6.45, 7) is 0. The van der Waals surface area contributed by atoms with Crippen LogP contribution in [0.2, 0.25) is 0 Å². The number of rotatable bonds is 4. The predicted octanol–water partition coefficient (Wildman–Crippen LogP) is 3.51. The zero-order valence-electron chi connectivity index (χ0n) is 11.6. The topological polar surface area (TPSA) is 46.9 Å². The lowest BCUT2D eigenvalue weighted by Crippen LogP contribution is -2.10. The van der Waals surface area contributed by atoms with Crippen molar-refractivity contribution < 1.29 is 10.4 Å². The van der Waals surface area contributed by atoms with E-state index in [9.17, 15) is 0 Å². The molecule has 2 N–H and O–H groups in total. The molecule has 0 radical (unpaired) electrons. The number of anilines is 2. The van der Waals surface area contributed by atoms with Crippen LogP contribution in [0.1, 0.15) is 11.1 Å². The van der Waals surface area contributed by atoms with Gasteiger partial charge in [0.25, 0.3) is 0 Å². The predicted molar refractivity (Wildman–Crippen MR) is 82.2 cm³/mol. The molecule has 0 spiro atoms. The van der Waals surface area contributed by atoms with E-state index in [4.69, 9.17) is 10.4 Å². The summed E-state index contributed by atoms with van der Waals surface area (Å²) in [7, 11) is 4.02. The van der Waals surface area contributed by atoms with E-state index in [1.807, 2.05) is 38.4 Å². The second kappa shape index (κ2) is 6.23. The third-order valence-corrected chi connectivity index (χ3v) is 3.00. The molecule has 0 aromatic heterocycles. The fourth-order valence-corrected chi connectivity index (χ4v) is 1.79. The summed E-state index contributed by atoms with van der Waals surface area (Å²) >= 11 is 0. The molecule has 0 atom stereocenters. The molecule has 0 aliphatic rings. The molecule has 0 amide bonds. The van der Waals surface area contributed by atoms with Gasteiger partial charge in [0.05, 0.1) is 5.69 Å². The minimum Gasteiger partial charge on any atom is -0.378 e. The Morgan fingerprint density at radius 1 is 0.700 bits per heavy atom. The van der Waals surface area contributed by atoms with E-state index in [0.29, 0.717) is 5.69 Å². The molecule has 0 aliphatic heterocycles. The van der Waals surface area contributed by atoms with Crippen molar-refractivity contribution in [2.24, 2.45) is 0 Å². The van der Waals surface area contributed by atoms with Gasteiger partial charge in [0.1, 0.15) is 0 Å². The van der Waals surface area contributed by atoms with Gasteiger partial charge in [0.2, 0.25) is 0 Å². The van der Waals surface area contributed by atoms with Gasteiger partial charge in [-0.25, -0.2) is 0 Å². The van der Waals surface area contributed by atoms with Crippen molar-refractivity contribution in [3.63, 3.8) is 0 Å². The van der Waals surface area contributed by atoms with Crippen molar-refractivity contribution in [3.8, 4) is 0 Å². The van der Waals surface area contributed by atoms with Crippen molar-refractivity contribution in [2.75, 3.05) is 24.2 Å². The minimum atomic E-state index is 0.105. The fourth-order valence-electron chi connectivity index (χ4n) is 1.79. The van der Waals surface area contributed by atoms with Crippen molar-refractivity contribution in [3.05, 3.63) is 59.7 Å². The molecule has 0 fully saturated rings. The third-order valence-electron chi connectivity index (χ3n) is 3.00. The van der Waals surface area contributed by atoms with Crippen LogP contribution in [0.25, 0.3) is 12.2 Å². The van der Waals surface area contributed by atoms with E-state index in [1.165, 1.54) is 0 Å². The molecular formula is C16H18N2O2. The maximum atomic E-state index is 8.86. The Kier molecular flexibility index (Phi) is 4.40. The molecule has 20 heavy (non-hydrogen) atoms. The highest BCUT2D eigenvalue weighted by Crippen LogP contribution is 2.16. The normalized spacial score (nSPS) is 10.8. The first-order chi connectivity index (χ1) is 9.56. The largest absolute Gasteiger partial charge is 0.378 e. The molecule has 104 valence electrons. The highest BCUT2D eigenvalue weighted by atomic mass is 16.8. The van der Waals surface area contributed by atoms with Crippen LogP contribution in [0.3, 0.4) is 0 Å². The van der Waals surface area contributed by atoms with Crippen LogP contribution in [-0.4, -0.2) is 24.5 Å². The summed E-state index contributed by atoms with van der Waals surface area (Å²) in [5, 5.41) is 17.8. The maximum Gasteiger partial charge on any atom is 0.0943 e. The van der Waals surface area contributed by atoms with E-state index in [-0.39, 0.29) is 5.23 Å². The second-order valence-corrected chi connectivity index (χ2v) is 4.70. The van der Waals surface area contributed by atoms with E-state index < -0.39 is 0 Å². The first kappa shape index (κ1) is 14.1. The van der Waals surface area contributed by atoms with Gasteiger partial charge in [0.15, 0.2) is 0 Å². The lowest BCUT2D eigenvalue weighted by atomic mass is 10.1. The smallest absolute Gasteiger partial charge is 0.0943 e. The van der Waals surface area contributed by atoms with Crippen LogP contribution in [0.4, 0.5) is 11.4 Å². The van der Waals surface area contributed by atoms with Gasteiger partial charge in [-0.3, -0.25) is 10.4 Å². The number of hydrogen-bond acceptors (Lipinski definition) is 4. The highest BCUT2D eigenvalue weighted by molar-refractivity contribution is 5.71. The number of benzene rings is 2. The lowest BCUT2D eigenvalue weighted by Gasteiger charge is -2.11. The van der Waals surface area contributed by atoms with Gasteiger partial charge < -0.3 is 4.90 Å². The standard InChI is InChI=1S/C16H18N2O2/c1-17(2)15-9-5-13(6-10-15)3-4-14-7-11-16(12-8-14)18(19)20/h3-12,19-20H,1-2H3/b4-3+. The Balaban J connectivity index is 2.08. The van der Waals surface area contributed by atoms with Gasteiger partial charge in [0, 0.05) is 19.8 Å². The Bertz CT molecular complexity index is 519. The molecule has 0 saturated heterocycles. The molecule has 0 aliphatic carbocycles. The van der Waals surface area contributed by atoms with E-state index in [0.717, 1.165) is 16.8 Å². The molecule has 0 unspecified atom stereocenters. The third kappa shape index (κ3) is 3.60. The first-order valence-electron chi connectivity index (χ1n) is 6.30. The van der Waals surface area contributed by atoms with E-state index in [1.54, 1.807) is 12.1 Å². The minimum absolute atomic E-state index is 0.105. The van der Waals surface area contributed by atoms with Gasteiger partial charge in [-0.1, -0.05) is 36.4 Å². The summed E-state index contributed by atoms with van der Waals surface area (Å²) in [5.74, 6) is 0. The van der Waals surface area contributed by atoms with Crippen LogP contribution in [-0.2, 0) is 0 Å². The zero-order valence-corrected chi connectivity index (χ0v) is 11.6. The first-order valence-corrected chi connectivity index (χ1v) is 6.30. The molecule has 0 bridgehead atoms. The summed E-state index contributed by atoms with van der Waals surface area (Å²) in [6, 6.07) is 15.2. The van der Waals surface area contributed by atoms with Gasteiger partial charge >= 0.3 is 0 Å². The molecule has 4 heteroatoms. The molecule has 2 rings (SSSR count). The monoisotopic (exact) mass is 270 g/mol. The lowest BCUT2D eigenvalue weighted by molar-refractivity contribution is 0.0291. The van der Waals surface area contributed by atoms with Gasteiger partial charge in [-0.2, -0.15) is 0 Å². The van der Waals surface area contributed by atoms with Crippen molar-refractivity contribution in [2.45, 2.75) is 0 Å². The van der Waals surface area contributed by atoms with Crippen molar-refractivity contribution in [1.82, 2.24) is 0 Å². The Labute approximate surface area is 118 Å². The molecule has 0 saturated carbocycles. The van der Waals surface area contributed by atoms with E-state index >= 15 is 0 Å². The van der Waals surface area contributed by atoms with Crippen LogP contribution in [0.5, 0.6) is 0 Å². The summed E-state index contributed by atoms with van der Waals surface area (Å²) in [4.78, 5) is 2.06. The fraction of sp³-hybridized carbons (Fsp3) is 0.125. The molecular weight excluding hydrogens is 252 g/mol. The Hall–Kier alpha value is -2.30. The summed E-state index contributed by atoms with van der Waals surface area (Å²) in [5.41, 5.74) is 3.60. The molecule has 0 heterocycles. The van der Waals surface area contributed by atoms with Gasteiger partial charge in [-0.15, -0.1) is 5.23 Å². The Morgan fingerprint density at radius 3 is 1.45 bits per heavy atom. The quantitative estimate of drug-likeness (QED) is 0.659. The van der Waals surface area contributed by atoms with Crippen molar-refractivity contribution >= 4 is 23.5 Å². The highest BCUT2D eigenvalue weighted by Gasteiger charge is 1.97. The Morgan fingerprint density at radius 2 is 1.10 bits per heavy atom. The zero-order chi connectivity index (χ0) is 14.5. The van der Waals surface area contributed by atoms with Gasteiger partial charge in [-0.05, 0) is 35.4 Å². The van der Waals surface area contributed by atoms with E-state index in [2.05, 4.69) is 29.2 Å². The van der Waals surface area contributed by atoms with Crippen LogP contribution in [0, 0.1) is 0 Å². The van der Waals surface area contributed by atoms with Crippen LogP contribution in [0.15, 0.2) is 48.5 Å². The number of nitrogens with zero attached hydrogens (tertiary/aromatic N) is 2. The van der Waals surface area contributed by atoms with Crippen LogP contribution < -0.4 is 10.1 Å². The SMILES string of the molecule is CN(C)c1ccc(/C=C/c2ccc(N(O)O)cc2)cc1. The molecule has 2 aromatic rings. The average Bonchev–Trinajstić information content (AvgIpc) is 2.46. The molecule has 4 nitrogen and oxygen atoms in total. The summed E-state index contributed by atoms with van der Waals surface area (Å²) < 4.78 is 0. The second-order valence-electron chi connectivity index (χ2n) is 4.70. The maximum absolute atomic E-state index is 8.86.